The predicted molar refractivity (Wildman–Crippen MR) is 84.5 cm³/mol. The highest BCUT2D eigenvalue weighted by Gasteiger charge is 2.08. The van der Waals surface area contributed by atoms with E-state index in [2.05, 4.69) is 20.7 Å². The first-order valence-corrected chi connectivity index (χ1v) is 7.42. The molecule has 2 heterocycles. The Bertz CT molecular complexity index is 792. The Balaban J connectivity index is 1.90. The number of urea groups is 1. The minimum atomic E-state index is -0.232. The van der Waals surface area contributed by atoms with Crippen LogP contribution in [0.5, 0.6) is 0 Å². The molecule has 3 rings (SSSR count). The van der Waals surface area contributed by atoms with Crippen molar-refractivity contribution in [2.24, 2.45) is 7.05 Å². The molecule has 0 spiro atoms. The Labute approximate surface area is 125 Å². The molecule has 0 radical (unpaired) electrons. The number of thiazole rings is 1. The van der Waals surface area contributed by atoms with Crippen molar-refractivity contribution in [1.29, 1.82) is 0 Å². The van der Waals surface area contributed by atoms with Gasteiger partial charge in [-0.1, -0.05) is 17.4 Å². The first kappa shape index (κ1) is 13.6. The summed E-state index contributed by atoms with van der Waals surface area (Å²) in [6.07, 6.45) is 3.78. The molecule has 0 atom stereocenters. The highest BCUT2D eigenvalue weighted by atomic mass is 32.1. The average Bonchev–Trinajstić information content (AvgIpc) is 3.03. The van der Waals surface area contributed by atoms with Crippen LogP contribution in [-0.4, -0.2) is 27.3 Å². The van der Waals surface area contributed by atoms with Crippen LogP contribution in [0.15, 0.2) is 30.6 Å². The number of nitrogens with zero attached hydrogens (tertiary/aromatic N) is 3. The van der Waals surface area contributed by atoms with Crippen molar-refractivity contribution in [2.75, 3.05) is 11.9 Å². The molecule has 2 N–H and O–H groups in total. The van der Waals surface area contributed by atoms with Gasteiger partial charge in [0.05, 0.1) is 16.4 Å². The summed E-state index contributed by atoms with van der Waals surface area (Å²) in [5, 5.41) is 10.2. The normalized spacial score (nSPS) is 10.8. The van der Waals surface area contributed by atoms with Gasteiger partial charge in [0.25, 0.3) is 0 Å². The number of aromatic nitrogens is 3. The third-order valence-electron chi connectivity index (χ3n) is 2.98. The summed E-state index contributed by atoms with van der Waals surface area (Å²) in [6.45, 7) is 2.46. The number of nitrogens with one attached hydrogen (secondary N) is 2. The van der Waals surface area contributed by atoms with Crippen molar-refractivity contribution in [3.8, 4) is 11.1 Å². The van der Waals surface area contributed by atoms with Gasteiger partial charge in [-0.3, -0.25) is 10.00 Å². The van der Waals surface area contributed by atoms with E-state index in [4.69, 9.17) is 0 Å². The van der Waals surface area contributed by atoms with Crippen molar-refractivity contribution in [2.45, 2.75) is 6.92 Å². The smallest absolute Gasteiger partial charge is 0.321 e. The summed E-state index contributed by atoms with van der Waals surface area (Å²) >= 11 is 1.46. The van der Waals surface area contributed by atoms with E-state index in [-0.39, 0.29) is 6.03 Å². The van der Waals surface area contributed by atoms with E-state index in [0.29, 0.717) is 11.7 Å². The zero-order valence-electron chi connectivity index (χ0n) is 11.8. The molecule has 2 aromatic heterocycles. The van der Waals surface area contributed by atoms with E-state index in [9.17, 15) is 4.79 Å². The fraction of sp³-hybridized carbons (Fsp3) is 0.214. The molecular weight excluding hydrogens is 286 g/mol. The third kappa shape index (κ3) is 2.87. The number of amides is 2. The number of aryl methyl sites for hydroxylation is 1. The van der Waals surface area contributed by atoms with Crippen molar-refractivity contribution >= 4 is 32.7 Å². The number of carbonyl (C=O) groups excluding carboxylic acids is 1. The van der Waals surface area contributed by atoms with Gasteiger partial charge >= 0.3 is 6.03 Å². The van der Waals surface area contributed by atoms with Crippen molar-refractivity contribution < 1.29 is 4.79 Å². The summed E-state index contributed by atoms with van der Waals surface area (Å²) in [5.74, 6) is 0. The van der Waals surface area contributed by atoms with Gasteiger partial charge in [0.15, 0.2) is 5.13 Å². The zero-order valence-corrected chi connectivity index (χ0v) is 12.6. The first-order chi connectivity index (χ1) is 10.2. The Kier molecular flexibility index (Phi) is 3.57. The first-order valence-electron chi connectivity index (χ1n) is 6.60. The van der Waals surface area contributed by atoms with Crippen LogP contribution < -0.4 is 10.6 Å². The molecule has 2 amide bonds. The van der Waals surface area contributed by atoms with Crippen LogP contribution in [0, 0.1) is 0 Å². The third-order valence-corrected chi connectivity index (χ3v) is 3.94. The molecule has 0 fully saturated rings. The van der Waals surface area contributed by atoms with Gasteiger partial charge in [-0.25, -0.2) is 9.78 Å². The standard InChI is InChI=1S/C14H15N5OS/c1-3-15-13(20)18-14-17-11-6-9(4-5-12(11)21-14)10-7-16-19(2)8-10/h4-8H,3H2,1-2H3,(H2,15,17,18,20). The van der Waals surface area contributed by atoms with Crippen LogP contribution in [0.2, 0.25) is 0 Å². The maximum atomic E-state index is 11.5. The zero-order chi connectivity index (χ0) is 14.8. The topological polar surface area (TPSA) is 71.8 Å². The van der Waals surface area contributed by atoms with Gasteiger partial charge in [-0.2, -0.15) is 5.10 Å². The molecule has 21 heavy (non-hydrogen) atoms. The maximum Gasteiger partial charge on any atom is 0.321 e. The highest BCUT2D eigenvalue weighted by molar-refractivity contribution is 7.22. The molecule has 3 aromatic rings. The Morgan fingerprint density at radius 3 is 2.95 bits per heavy atom. The summed E-state index contributed by atoms with van der Waals surface area (Å²) in [5.41, 5.74) is 2.98. The van der Waals surface area contributed by atoms with E-state index in [0.717, 1.165) is 21.3 Å². The second kappa shape index (κ2) is 5.53. The quantitative estimate of drug-likeness (QED) is 0.781. The van der Waals surface area contributed by atoms with Gasteiger partial charge in [0.1, 0.15) is 0 Å². The van der Waals surface area contributed by atoms with Crippen LogP contribution in [0.3, 0.4) is 0 Å². The minimum Gasteiger partial charge on any atom is -0.338 e. The molecule has 7 heteroatoms. The molecule has 0 aliphatic heterocycles. The lowest BCUT2D eigenvalue weighted by Crippen LogP contribution is -2.28. The van der Waals surface area contributed by atoms with E-state index >= 15 is 0 Å². The number of rotatable bonds is 3. The summed E-state index contributed by atoms with van der Waals surface area (Å²) in [4.78, 5) is 16.0. The SMILES string of the molecule is CCNC(=O)Nc1nc2cc(-c3cnn(C)c3)ccc2s1. The molecule has 6 nitrogen and oxygen atoms in total. The number of hydrogen-bond acceptors (Lipinski definition) is 4. The molecule has 0 aliphatic rings. The second-order valence-corrected chi connectivity index (χ2v) is 5.62. The van der Waals surface area contributed by atoms with Crippen molar-refractivity contribution in [1.82, 2.24) is 20.1 Å². The van der Waals surface area contributed by atoms with Crippen molar-refractivity contribution in [3.63, 3.8) is 0 Å². The predicted octanol–water partition coefficient (Wildman–Crippen LogP) is 2.84. The summed E-state index contributed by atoms with van der Waals surface area (Å²) in [7, 11) is 1.89. The van der Waals surface area contributed by atoms with Gasteiger partial charge in [0, 0.05) is 25.4 Å². The number of fused-ring (bicyclic) bond motifs is 1. The summed E-state index contributed by atoms with van der Waals surface area (Å²) in [6, 6.07) is 5.82. The average molecular weight is 301 g/mol. The second-order valence-electron chi connectivity index (χ2n) is 4.59. The maximum absolute atomic E-state index is 11.5. The molecule has 0 bridgehead atoms. The molecule has 0 aliphatic carbocycles. The molecule has 0 saturated carbocycles. The van der Waals surface area contributed by atoms with Gasteiger partial charge in [0.2, 0.25) is 0 Å². The van der Waals surface area contributed by atoms with E-state index < -0.39 is 0 Å². The van der Waals surface area contributed by atoms with E-state index in [1.54, 1.807) is 4.68 Å². The van der Waals surface area contributed by atoms with Crippen LogP contribution in [0.1, 0.15) is 6.92 Å². The van der Waals surface area contributed by atoms with Gasteiger partial charge in [-0.05, 0) is 24.6 Å². The van der Waals surface area contributed by atoms with Crippen LogP contribution >= 0.6 is 11.3 Å². The minimum absolute atomic E-state index is 0.232. The molecule has 108 valence electrons. The Hall–Kier alpha value is -2.41. The van der Waals surface area contributed by atoms with Crippen LogP contribution in [0.4, 0.5) is 9.93 Å². The Morgan fingerprint density at radius 1 is 1.38 bits per heavy atom. The molecule has 1 aromatic carbocycles. The monoisotopic (exact) mass is 301 g/mol. The summed E-state index contributed by atoms with van der Waals surface area (Å²) < 4.78 is 2.80. The largest absolute Gasteiger partial charge is 0.338 e. The van der Waals surface area contributed by atoms with Crippen LogP contribution in [-0.2, 0) is 7.05 Å². The highest BCUT2D eigenvalue weighted by Crippen LogP contribution is 2.29. The number of benzene rings is 1. The molecule has 0 saturated heterocycles. The lowest BCUT2D eigenvalue weighted by atomic mass is 10.1. The molecule has 0 unspecified atom stereocenters. The van der Waals surface area contributed by atoms with E-state index in [1.165, 1.54) is 11.3 Å². The molecular formula is C14H15N5OS. The fourth-order valence-corrected chi connectivity index (χ4v) is 2.87. The van der Waals surface area contributed by atoms with Crippen molar-refractivity contribution in [3.05, 3.63) is 30.6 Å². The van der Waals surface area contributed by atoms with Gasteiger partial charge in [-0.15, -0.1) is 0 Å². The number of hydrogen-bond donors (Lipinski definition) is 2. The number of anilines is 1. The van der Waals surface area contributed by atoms with Crippen LogP contribution in [0.25, 0.3) is 21.3 Å². The lowest BCUT2D eigenvalue weighted by molar-refractivity contribution is 0.252. The Morgan fingerprint density at radius 2 is 2.24 bits per heavy atom. The number of carbonyl (C=O) groups is 1. The van der Waals surface area contributed by atoms with Gasteiger partial charge < -0.3 is 5.32 Å². The fourth-order valence-electron chi connectivity index (χ4n) is 2.03. The lowest BCUT2D eigenvalue weighted by Gasteiger charge is -2.00. The van der Waals surface area contributed by atoms with E-state index in [1.807, 2.05) is 44.6 Å².